The van der Waals surface area contributed by atoms with Crippen LogP contribution in [0.2, 0.25) is 0 Å². The second-order valence-corrected chi connectivity index (χ2v) is 7.54. The van der Waals surface area contributed by atoms with Crippen LogP contribution in [0.4, 0.5) is 19.3 Å². The molecule has 2 heterocycles. The van der Waals surface area contributed by atoms with E-state index >= 15 is 0 Å². The molecule has 0 radical (unpaired) electrons. The molecule has 0 aliphatic carbocycles. The molecule has 2 amide bonds. The molecular weight excluding hydrogens is 473 g/mol. The fourth-order valence-electron chi connectivity index (χ4n) is 2.68. The predicted molar refractivity (Wildman–Crippen MR) is 88.8 cm³/mol. The van der Waals surface area contributed by atoms with Gasteiger partial charge in [0.05, 0.1) is 0 Å². The molecule has 1 aromatic carbocycles. The first kappa shape index (κ1) is 19.4. The van der Waals surface area contributed by atoms with E-state index in [2.05, 4.69) is 10.3 Å². The average molecular weight is 489 g/mol. The molecule has 0 unspecified atom stereocenters. The van der Waals surface area contributed by atoms with Gasteiger partial charge in [0.15, 0.2) is 0 Å². The zero-order chi connectivity index (χ0) is 19.6. The molecule has 1 fully saturated rings. The van der Waals surface area contributed by atoms with Gasteiger partial charge in [-0.15, -0.1) is 0 Å². The molecule has 7 nitrogen and oxygen atoms in total. The van der Waals surface area contributed by atoms with Gasteiger partial charge in [0, 0.05) is 6.92 Å². The fourth-order valence-corrected chi connectivity index (χ4v) is 3.36. The number of benzene rings is 1. The number of anilines is 1. The zero-order valence-corrected chi connectivity index (χ0v) is 16.4. The summed E-state index contributed by atoms with van der Waals surface area (Å²) >= 11 is -0.701. The van der Waals surface area contributed by atoms with Crippen molar-refractivity contribution in [1.82, 2.24) is 10.3 Å². The van der Waals surface area contributed by atoms with Crippen LogP contribution in [0.3, 0.4) is 0 Å². The van der Waals surface area contributed by atoms with Gasteiger partial charge < -0.3 is 5.32 Å². The van der Waals surface area contributed by atoms with Crippen LogP contribution in [-0.4, -0.2) is 36.2 Å². The molecule has 3 rings (SSSR count). The fraction of sp³-hybridized carbons (Fsp3) is 0.235. The monoisotopic (exact) mass is 489 g/mol. The van der Waals surface area contributed by atoms with E-state index in [0.29, 0.717) is 3.70 Å². The molecule has 1 aliphatic heterocycles. The number of hydrogen-bond donors (Lipinski definition) is 2. The number of amides is 2. The standard InChI is InChI=1S/C17H16F2IN4O3/c1-9(25)22-7-12-8-24(17(26)27-12)11-4-13(18)16(14(19)5-11)10-2-3-15(20-21)23-6-10/h2-6,12H,7-8,21H2,1H3,(H,22,25)/q-1/t12-/m0/s1. The maximum absolute atomic E-state index is 14.6. The van der Waals surface area contributed by atoms with Crippen molar-refractivity contribution in [2.75, 3.05) is 18.0 Å². The third-order valence-corrected chi connectivity index (χ3v) is 5.20. The van der Waals surface area contributed by atoms with Gasteiger partial charge in [0.2, 0.25) is 5.91 Å². The number of ether oxygens (including phenoxy) is 1. The van der Waals surface area contributed by atoms with Gasteiger partial charge in [-0.05, 0) is 0 Å². The molecule has 0 spiro atoms. The quantitative estimate of drug-likeness (QED) is 0.307. The Hall–Kier alpha value is -2.34. The van der Waals surface area contributed by atoms with Crippen LogP contribution in [0.15, 0.2) is 30.5 Å². The Balaban J connectivity index is 1.84. The summed E-state index contributed by atoms with van der Waals surface area (Å²) in [5.41, 5.74) is 0.0992. The molecule has 1 saturated heterocycles. The van der Waals surface area contributed by atoms with Gasteiger partial charge in [0.25, 0.3) is 0 Å². The summed E-state index contributed by atoms with van der Waals surface area (Å²) in [7, 11) is 0. The van der Waals surface area contributed by atoms with Crippen LogP contribution in [0.25, 0.3) is 11.1 Å². The Kier molecular flexibility index (Phi) is 5.85. The number of rotatable bonds is 5. The Morgan fingerprint density at radius 2 is 2.11 bits per heavy atom. The summed E-state index contributed by atoms with van der Waals surface area (Å²) in [5, 5.41) is 2.54. The number of nitrogens with zero attached hydrogens (tertiary/aromatic N) is 2. The van der Waals surface area contributed by atoms with Crippen LogP contribution in [0.1, 0.15) is 6.92 Å². The molecule has 1 aromatic heterocycles. The first-order valence-corrected chi connectivity index (χ1v) is 10.2. The van der Waals surface area contributed by atoms with Crippen LogP contribution in [0.5, 0.6) is 0 Å². The van der Waals surface area contributed by atoms with Gasteiger partial charge in [-0.3, -0.25) is 4.79 Å². The number of nitrogens with two attached hydrogens (primary N) is 1. The normalized spacial score (nSPS) is 16.5. The Morgan fingerprint density at radius 3 is 2.67 bits per heavy atom. The van der Waals surface area contributed by atoms with E-state index < -0.39 is 45.3 Å². The topological polar surface area (TPSA) is 97.5 Å². The van der Waals surface area contributed by atoms with Crippen molar-refractivity contribution in [1.29, 1.82) is 0 Å². The summed E-state index contributed by atoms with van der Waals surface area (Å²) < 4.78 is 40.6. The van der Waals surface area contributed by atoms with Gasteiger partial charge in [-0.25, -0.2) is 0 Å². The van der Waals surface area contributed by atoms with Gasteiger partial charge in [-0.2, -0.15) is 0 Å². The number of cyclic esters (lactones) is 1. The van der Waals surface area contributed by atoms with Crippen molar-refractivity contribution in [3.63, 3.8) is 0 Å². The van der Waals surface area contributed by atoms with E-state index in [0.717, 1.165) is 17.0 Å². The molecular formula is C17H16F2IN4O3-. The van der Waals surface area contributed by atoms with Crippen LogP contribution in [0, 0.1) is 15.3 Å². The average Bonchev–Trinajstić information content (AvgIpc) is 3.00. The summed E-state index contributed by atoms with van der Waals surface area (Å²) in [6, 6.07) is 5.35. The van der Waals surface area contributed by atoms with Crippen LogP contribution in [-0.2, 0) is 9.53 Å². The van der Waals surface area contributed by atoms with Crippen LogP contribution >= 0.6 is 0 Å². The summed E-state index contributed by atoms with van der Waals surface area (Å²) in [6.45, 7) is 1.55. The minimum absolute atomic E-state index is 0.0430. The molecule has 1 atom stereocenters. The van der Waals surface area contributed by atoms with E-state index in [9.17, 15) is 18.4 Å². The number of carbonyl (C=O) groups excluding carboxylic acids is 2. The Labute approximate surface area is 164 Å². The molecule has 0 bridgehead atoms. The predicted octanol–water partition coefficient (Wildman–Crippen LogP) is -1.38. The van der Waals surface area contributed by atoms with Crippen molar-refractivity contribution < 1.29 is 44.6 Å². The summed E-state index contributed by atoms with van der Waals surface area (Å²) in [5.74, 6) is -1.90. The molecule has 0 saturated carbocycles. The third kappa shape index (κ3) is 4.33. The molecule has 1 aliphatic rings. The van der Waals surface area contributed by atoms with Crippen molar-refractivity contribution >= 4 is 17.7 Å². The molecule has 27 heavy (non-hydrogen) atoms. The number of halogens is 3. The number of carbonyl (C=O) groups is 2. The summed E-state index contributed by atoms with van der Waals surface area (Å²) in [4.78, 5) is 28.2. The first-order chi connectivity index (χ1) is 12.9. The van der Waals surface area contributed by atoms with Crippen molar-refractivity contribution in [2.45, 2.75) is 13.0 Å². The maximum atomic E-state index is 14.6. The molecule has 2 aromatic rings. The number of nitrogens with one attached hydrogen (secondary N) is 1. The molecule has 144 valence electrons. The number of hydrogen-bond acceptors (Lipinski definition) is 5. The van der Waals surface area contributed by atoms with Crippen molar-refractivity contribution in [3.8, 4) is 11.1 Å². The first-order valence-electron chi connectivity index (χ1n) is 7.90. The Bertz CT molecular complexity index is 856. The Morgan fingerprint density at radius 1 is 1.41 bits per heavy atom. The second-order valence-electron chi connectivity index (χ2n) is 5.82. The van der Waals surface area contributed by atoms with Gasteiger partial charge in [0.1, 0.15) is 0 Å². The second kappa shape index (κ2) is 8.13. The van der Waals surface area contributed by atoms with Crippen molar-refractivity contribution in [2.24, 2.45) is 3.95 Å². The van der Waals surface area contributed by atoms with Gasteiger partial charge in [-0.1, -0.05) is 0 Å². The third-order valence-electron chi connectivity index (χ3n) is 3.92. The summed E-state index contributed by atoms with van der Waals surface area (Å²) in [6.07, 6.45) is 0.0507. The van der Waals surface area contributed by atoms with E-state index in [1.54, 1.807) is 12.1 Å². The van der Waals surface area contributed by atoms with E-state index in [4.69, 9.17) is 8.68 Å². The van der Waals surface area contributed by atoms with Crippen molar-refractivity contribution in [3.05, 3.63) is 45.8 Å². The zero-order valence-electron chi connectivity index (χ0n) is 14.2. The van der Waals surface area contributed by atoms with E-state index in [1.807, 2.05) is 0 Å². The molecule has 3 N–H and O–H groups in total. The minimum atomic E-state index is -0.819. The van der Waals surface area contributed by atoms with Crippen LogP contribution < -0.4 is 35.6 Å². The van der Waals surface area contributed by atoms with E-state index in [1.165, 1.54) is 13.1 Å². The number of pyridine rings is 1. The van der Waals surface area contributed by atoms with Gasteiger partial charge >= 0.3 is 142 Å². The molecule has 10 heteroatoms. The number of aromatic nitrogens is 1. The van der Waals surface area contributed by atoms with E-state index in [-0.39, 0.29) is 35.8 Å². The SMILES string of the molecule is CC(=O)NC[C@H]1CN(c2cc(F)c(-c3ccc([I-]N)nc3)c(F)c2)C(=O)O1.